The summed E-state index contributed by atoms with van der Waals surface area (Å²) in [5, 5.41) is 2.56. The van der Waals surface area contributed by atoms with E-state index >= 15 is 0 Å². The maximum Gasteiger partial charge on any atom is 0.328 e. The summed E-state index contributed by atoms with van der Waals surface area (Å²) in [7, 11) is 0. The fourth-order valence-electron chi connectivity index (χ4n) is 1.99. The minimum absolute atomic E-state index is 0.361. The van der Waals surface area contributed by atoms with Crippen molar-refractivity contribution in [1.82, 2.24) is 4.90 Å². The third-order valence-corrected chi connectivity index (χ3v) is 3.07. The quantitative estimate of drug-likeness (QED) is 0.811. The van der Waals surface area contributed by atoms with Gasteiger partial charge in [0.1, 0.15) is 5.82 Å². The van der Waals surface area contributed by atoms with Crippen molar-refractivity contribution in [1.29, 1.82) is 0 Å². The van der Waals surface area contributed by atoms with Gasteiger partial charge in [-0.2, -0.15) is 0 Å². The molecular weight excluding hydrogens is 249 g/mol. The Balaban J connectivity index is 2.05. The Morgan fingerprint density at radius 1 is 1.32 bits per heavy atom. The smallest absolute Gasteiger partial charge is 0.320 e. The molecule has 0 saturated carbocycles. The van der Waals surface area contributed by atoms with Gasteiger partial charge in [0.25, 0.3) is 0 Å². The zero-order valence-corrected chi connectivity index (χ0v) is 10.4. The predicted octanol–water partition coefficient (Wildman–Crippen LogP) is 1.70. The monoisotopic (exact) mass is 265 g/mol. The highest BCUT2D eigenvalue weighted by Gasteiger charge is 2.28. The van der Waals surface area contributed by atoms with E-state index in [0.29, 0.717) is 18.7 Å². The van der Waals surface area contributed by atoms with Crippen molar-refractivity contribution in [3.8, 4) is 0 Å². The Hall–Kier alpha value is -1.95. The molecule has 19 heavy (non-hydrogen) atoms. The minimum atomic E-state index is -0.624. The highest BCUT2D eigenvalue weighted by molar-refractivity contribution is 6.02. The van der Waals surface area contributed by atoms with Crippen LogP contribution in [0, 0.1) is 5.82 Å². The van der Waals surface area contributed by atoms with Crippen LogP contribution in [0.2, 0.25) is 0 Å². The standard InChI is InChI=1S/C13H16FN3O2/c14-9-4-6-10(7-5-9)16-13(19)17-8-2-1-3-11(15)12(17)18/h4-7,11H,1-3,8,15H2,(H,16,19)/t11-/m1/s1. The lowest BCUT2D eigenvalue weighted by atomic mass is 10.1. The van der Waals surface area contributed by atoms with Crippen LogP contribution in [-0.2, 0) is 4.79 Å². The van der Waals surface area contributed by atoms with E-state index in [1.165, 1.54) is 24.3 Å². The largest absolute Gasteiger partial charge is 0.328 e. The van der Waals surface area contributed by atoms with Crippen molar-refractivity contribution in [3.05, 3.63) is 30.1 Å². The molecule has 1 saturated heterocycles. The van der Waals surface area contributed by atoms with E-state index in [0.717, 1.165) is 17.7 Å². The van der Waals surface area contributed by atoms with Crippen molar-refractivity contribution >= 4 is 17.6 Å². The number of nitrogens with zero attached hydrogens (tertiary/aromatic N) is 1. The van der Waals surface area contributed by atoms with E-state index in [9.17, 15) is 14.0 Å². The summed E-state index contributed by atoms with van der Waals surface area (Å²) in [5.74, 6) is -0.747. The van der Waals surface area contributed by atoms with Crippen molar-refractivity contribution < 1.29 is 14.0 Å². The molecule has 1 aromatic rings. The van der Waals surface area contributed by atoms with Gasteiger partial charge < -0.3 is 11.1 Å². The molecule has 1 aromatic carbocycles. The summed E-state index contributed by atoms with van der Waals surface area (Å²) in [6.07, 6.45) is 2.17. The van der Waals surface area contributed by atoms with Gasteiger partial charge in [-0.15, -0.1) is 0 Å². The first-order valence-corrected chi connectivity index (χ1v) is 6.21. The van der Waals surface area contributed by atoms with Crippen LogP contribution in [0.5, 0.6) is 0 Å². The molecular formula is C13H16FN3O2. The Kier molecular flexibility index (Phi) is 4.11. The Bertz CT molecular complexity index is 475. The second-order valence-corrected chi connectivity index (χ2v) is 4.53. The van der Waals surface area contributed by atoms with Gasteiger partial charge in [-0.25, -0.2) is 9.18 Å². The molecule has 0 aliphatic carbocycles. The molecule has 3 amide bonds. The SMILES string of the molecule is N[C@@H]1CCCCN(C(=O)Nc2ccc(F)cc2)C1=O. The van der Waals surface area contributed by atoms with Gasteiger partial charge in [-0.05, 0) is 43.5 Å². The number of carbonyl (C=O) groups is 2. The molecule has 1 atom stereocenters. The topological polar surface area (TPSA) is 75.4 Å². The summed E-state index contributed by atoms with van der Waals surface area (Å²) < 4.78 is 12.8. The average molecular weight is 265 g/mol. The summed E-state index contributed by atoms with van der Waals surface area (Å²) >= 11 is 0. The fourth-order valence-corrected chi connectivity index (χ4v) is 1.99. The predicted molar refractivity (Wildman–Crippen MR) is 69.0 cm³/mol. The number of likely N-dealkylation sites (tertiary alicyclic amines) is 1. The van der Waals surface area contributed by atoms with Gasteiger partial charge in [0, 0.05) is 12.2 Å². The lowest BCUT2D eigenvalue weighted by molar-refractivity contribution is -0.128. The molecule has 6 heteroatoms. The molecule has 3 N–H and O–H groups in total. The van der Waals surface area contributed by atoms with Crippen molar-refractivity contribution in [2.24, 2.45) is 5.73 Å². The van der Waals surface area contributed by atoms with E-state index in [1.54, 1.807) is 0 Å². The van der Waals surface area contributed by atoms with E-state index < -0.39 is 12.1 Å². The second-order valence-electron chi connectivity index (χ2n) is 4.53. The highest BCUT2D eigenvalue weighted by Crippen LogP contribution is 2.14. The molecule has 1 fully saturated rings. The van der Waals surface area contributed by atoms with Gasteiger partial charge in [0.15, 0.2) is 0 Å². The zero-order chi connectivity index (χ0) is 13.8. The Labute approximate surface area is 110 Å². The van der Waals surface area contributed by atoms with Crippen LogP contribution in [0.25, 0.3) is 0 Å². The molecule has 0 spiro atoms. The van der Waals surface area contributed by atoms with Gasteiger partial charge >= 0.3 is 6.03 Å². The molecule has 5 nitrogen and oxygen atoms in total. The summed E-state index contributed by atoms with van der Waals surface area (Å²) in [4.78, 5) is 25.0. The number of urea groups is 1. The van der Waals surface area contributed by atoms with Crippen LogP contribution in [0.15, 0.2) is 24.3 Å². The first kappa shape index (κ1) is 13.5. The van der Waals surface area contributed by atoms with Gasteiger partial charge in [-0.1, -0.05) is 0 Å². The number of hydrogen-bond donors (Lipinski definition) is 2. The molecule has 1 heterocycles. The van der Waals surface area contributed by atoms with E-state index in [2.05, 4.69) is 5.32 Å². The van der Waals surface area contributed by atoms with Gasteiger partial charge in [0.2, 0.25) is 5.91 Å². The summed E-state index contributed by atoms with van der Waals surface area (Å²) in [5.41, 5.74) is 6.14. The molecule has 0 radical (unpaired) electrons. The van der Waals surface area contributed by atoms with Crippen molar-refractivity contribution in [2.75, 3.05) is 11.9 Å². The first-order valence-electron chi connectivity index (χ1n) is 6.21. The van der Waals surface area contributed by atoms with Gasteiger partial charge in [0.05, 0.1) is 6.04 Å². The first-order chi connectivity index (χ1) is 9.08. The van der Waals surface area contributed by atoms with E-state index in [4.69, 9.17) is 5.73 Å². The van der Waals surface area contributed by atoms with Gasteiger partial charge in [-0.3, -0.25) is 9.69 Å². The maximum atomic E-state index is 12.8. The number of nitrogens with two attached hydrogens (primary N) is 1. The molecule has 102 valence electrons. The van der Waals surface area contributed by atoms with Crippen LogP contribution >= 0.6 is 0 Å². The zero-order valence-electron chi connectivity index (χ0n) is 10.4. The molecule has 0 aromatic heterocycles. The summed E-state index contributed by atoms with van der Waals surface area (Å²) in [6, 6.07) is 4.22. The molecule has 1 aliphatic heterocycles. The lowest BCUT2D eigenvalue weighted by Gasteiger charge is -2.21. The number of nitrogens with one attached hydrogen (secondary N) is 1. The van der Waals surface area contributed by atoms with Crippen LogP contribution in [0.1, 0.15) is 19.3 Å². The molecule has 2 rings (SSSR count). The fraction of sp³-hybridized carbons (Fsp3) is 0.385. The highest BCUT2D eigenvalue weighted by atomic mass is 19.1. The molecule has 1 aliphatic rings. The molecule has 0 bridgehead atoms. The Morgan fingerprint density at radius 2 is 2.00 bits per heavy atom. The summed E-state index contributed by atoms with van der Waals surface area (Å²) in [6.45, 7) is 0.361. The average Bonchev–Trinajstić information content (AvgIpc) is 2.55. The number of halogens is 1. The van der Waals surface area contributed by atoms with E-state index in [-0.39, 0.29) is 11.7 Å². The normalized spacial score (nSPS) is 20.0. The number of amides is 3. The number of anilines is 1. The maximum absolute atomic E-state index is 12.8. The minimum Gasteiger partial charge on any atom is -0.320 e. The second kappa shape index (κ2) is 5.79. The van der Waals surface area contributed by atoms with Crippen molar-refractivity contribution in [2.45, 2.75) is 25.3 Å². The van der Waals surface area contributed by atoms with Crippen LogP contribution in [0.3, 0.4) is 0 Å². The number of imide groups is 1. The van der Waals surface area contributed by atoms with Crippen molar-refractivity contribution in [3.63, 3.8) is 0 Å². The molecule has 0 unspecified atom stereocenters. The van der Waals surface area contributed by atoms with E-state index in [1.807, 2.05) is 0 Å². The van der Waals surface area contributed by atoms with Crippen LogP contribution in [0.4, 0.5) is 14.9 Å². The third kappa shape index (κ3) is 3.29. The Morgan fingerprint density at radius 3 is 2.68 bits per heavy atom. The van der Waals surface area contributed by atoms with Crippen LogP contribution < -0.4 is 11.1 Å². The number of rotatable bonds is 1. The lowest BCUT2D eigenvalue weighted by Crippen LogP contribution is -2.47. The van der Waals surface area contributed by atoms with Crippen LogP contribution in [-0.4, -0.2) is 29.4 Å². The third-order valence-electron chi connectivity index (χ3n) is 3.07. The number of hydrogen-bond acceptors (Lipinski definition) is 3. The number of benzene rings is 1. The number of carbonyl (C=O) groups excluding carboxylic acids is 2.